The molecule has 0 radical (unpaired) electrons. The Morgan fingerprint density at radius 2 is 1.89 bits per heavy atom. The van der Waals surface area contributed by atoms with Gasteiger partial charge in [0.25, 0.3) is 0 Å². The van der Waals surface area contributed by atoms with Gasteiger partial charge in [-0.1, -0.05) is 29.3 Å². The number of pyridine rings is 1. The monoisotopic (exact) mass is 296 g/mol. The highest BCUT2D eigenvalue weighted by molar-refractivity contribution is 6.34. The Bertz CT molecular complexity index is 526. The van der Waals surface area contributed by atoms with Crippen LogP contribution in [0.5, 0.6) is 5.75 Å². The van der Waals surface area contributed by atoms with Gasteiger partial charge in [0, 0.05) is 34.0 Å². The zero-order chi connectivity index (χ0) is 13.8. The molecule has 2 aromatic rings. The SMILES string of the molecule is CC(N)C(Oc1cc(Cl)cc(Cl)c1)c1cccnc1. The third-order valence-corrected chi connectivity index (χ3v) is 3.03. The van der Waals surface area contributed by atoms with Crippen molar-refractivity contribution in [1.82, 2.24) is 4.98 Å². The van der Waals surface area contributed by atoms with Gasteiger partial charge in [-0.2, -0.15) is 0 Å². The average Bonchev–Trinajstić information content (AvgIpc) is 2.35. The van der Waals surface area contributed by atoms with Crippen LogP contribution in [0.4, 0.5) is 0 Å². The van der Waals surface area contributed by atoms with E-state index in [9.17, 15) is 0 Å². The van der Waals surface area contributed by atoms with Gasteiger partial charge in [0.05, 0.1) is 0 Å². The highest BCUT2D eigenvalue weighted by Gasteiger charge is 2.18. The first kappa shape index (κ1) is 14.1. The van der Waals surface area contributed by atoms with Crippen LogP contribution in [-0.4, -0.2) is 11.0 Å². The van der Waals surface area contributed by atoms with Gasteiger partial charge in [-0.05, 0) is 31.2 Å². The van der Waals surface area contributed by atoms with Gasteiger partial charge in [-0.25, -0.2) is 0 Å². The second-order valence-corrected chi connectivity index (χ2v) is 5.16. The molecule has 0 aliphatic heterocycles. The lowest BCUT2D eigenvalue weighted by molar-refractivity contribution is 0.180. The smallest absolute Gasteiger partial charge is 0.140 e. The number of aromatic nitrogens is 1. The van der Waals surface area contributed by atoms with Crippen LogP contribution in [0.1, 0.15) is 18.6 Å². The Morgan fingerprint density at radius 1 is 1.21 bits per heavy atom. The van der Waals surface area contributed by atoms with E-state index in [-0.39, 0.29) is 12.1 Å². The summed E-state index contributed by atoms with van der Waals surface area (Å²) in [5.74, 6) is 0.587. The molecule has 1 heterocycles. The van der Waals surface area contributed by atoms with Crippen molar-refractivity contribution >= 4 is 23.2 Å². The molecule has 1 aromatic carbocycles. The summed E-state index contributed by atoms with van der Waals surface area (Å²) >= 11 is 11.9. The van der Waals surface area contributed by atoms with Crippen molar-refractivity contribution in [2.75, 3.05) is 0 Å². The van der Waals surface area contributed by atoms with Crippen LogP contribution in [-0.2, 0) is 0 Å². The first-order chi connectivity index (χ1) is 9.06. The van der Waals surface area contributed by atoms with Crippen molar-refractivity contribution in [1.29, 1.82) is 0 Å². The maximum atomic E-state index is 5.97. The van der Waals surface area contributed by atoms with Crippen LogP contribution in [0.25, 0.3) is 0 Å². The summed E-state index contributed by atoms with van der Waals surface area (Å²) in [7, 11) is 0. The van der Waals surface area contributed by atoms with Crippen LogP contribution in [0.3, 0.4) is 0 Å². The van der Waals surface area contributed by atoms with Crippen molar-refractivity contribution in [3.05, 3.63) is 58.3 Å². The molecule has 100 valence electrons. The summed E-state index contributed by atoms with van der Waals surface area (Å²) in [5, 5.41) is 1.05. The number of ether oxygens (including phenoxy) is 1. The quantitative estimate of drug-likeness (QED) is 0.932. The van der Waals surface area contributed by atoms with Gasteiger partial charge in [-0.15, -0.1) is 0 Å². The fourth-order valence-corrected chi connectivity index (χ4v) is 2.27. The predicted octanol–water partition coefficient (Wildman–Crippen LogP) is 3.86. The van der Waals surface area contributed by atoms with E-state index in [1.807, 2.05) is 19.1 Å². The maximum Gasteiger partial charge on any atom is 0.140 e. The van der Waals surface area contributed by atoms with Gasteiger partial charge in [-0.3, -0.25) is 4.98 Å². The lowest BCUT2D eigenvalue weighted by Crippen LogP contribution is -2.29. The van der Waals surface area contributed by atoms with Crippen LogP contribution in [0, 0.1) is 0 Å². The first-order valence-electron chi connectivity index (χ1n) is 5.84. The molecule has 2 atom stereocenters. The molecule has 1 aromatic heterocycles. The topological polar surface area (TPSA) is 48.1 Å². The predicted molar refractivity (Wildman–Crippen MR) is 77.7 cm³/mol. The summed E-state index contributed by atoms with van der Waals surface area (Å²) in [6, 6.07) is 8.65. The molecule has 2 unspecified atom stereocenters. The summed E-state index contributed by atoms with van der Waals surface area (Å²) in [5.41, 5.74) is 6.88. The molecule has 0 aliphatic carbocycles. The number of hydrogen-bond acceptors (Lipinski definition) is 3. The molecule has 0 bridgehead atoms. The van der Waals surface area contributed by atoms with Crippen LogP contribution in [0.2, 0.25) is 10.0 Å². The highest BCUT2D eigenvalue weighted by atomic mass is 35.5. The molecule has 2 N–H and O–H groups in total. The van der Waals surface area contributed by atoms with Crippen LogP contribution in [0.15, 0.2) is 42.7 Å². The van der Waals surface area contributed by atoms with Gasteiger partial charge >= 0.3 is 0 Å². The second-order valence-electron chi connectivity index (χ2n) is 4.29. The maximum absolute atomic E-state index is 5.97. The third kappa shape index (κ3) is 3.83. The van der Waals surface area contributed by atoms with E-state index < -0.39 is 0 Å². The van der Waals surface area contributed by atoms with Crippen molar-refractivity contribution in [2.24, 2.45) is 5.73 Å². The second kappa shape index (κ2) is 6.24. The number of nitrogens with two attached hydrogens (primary N) is 1. The molecule has 0 amide bonds. The van der Waals surface area contributed by atoms with Crippen LogP contribution >= 0.6 is 23.2 Å². The van der Waals surface area contributed by atoms with Gasteiger partial charge in [0.15, 0.2) is 0 Å². The summed E-state index contributed by atoms with van der Waals surface area (Å²) in [6.45, 7) is 1.88. The molecule has 19 heavy (non-hydrogen) atoms. The Labute approximate surface area is 122 Å². The van der Waals surface area contributed by atoms with E-state index in [1.54, 1.807) is 30.6 Å². The lowest BCUT2D eigenvalue weighted by atomic mass is 10.1. The first-order valence-corrected chi connectivity index (χ1v) is 6.60. The van der Waals surface area contributed by atoms with Gasteiger partial charge < -0.3 is 10.5 Å². The molecule has 3 nitrogen and oxygen atoms in total. The Morgan fingerprint density at radius 3 is 2.42 bits per heavy atom. The molecule has 0 saturated carbocycles. The number of hydrogen-bond donors (Lipinski definition) is 1. The van der Waals surface area contributed by atoms with Gasteiger partial charge in [0.1, 0.15) is 11.9 Å². The molecule has 2 rings (SSSR count). The molecule has 0 aliphatic rings. The number of benzene rings is 1. The zero-order valence-corrected chi connectivity index (χ0v) is 11.9. The molecule has 0 saturated heterocycles. The zero-order valence-electron chi connectivity index (χ0n) is 10.4. The van der Waals surface area contributed by atoms with Crippen molar-refractivity contribution in [2.45, 2.75) is 19.1 Å². The Kier molecular flexibility index (Phi) is 4.64. The Hall–Kier alpha value is -1.29. The van der Waals surface area contributed by atoms with E-state index in [0.717, 1.165) is 5.56 Å². The number of rotatable bonds is 4. The normalized spacial score (nSPS) is 13.9. The van der Waals surface area contributed by atoms with Gasteiger partial charge in [0.2, 0.25) is 0 Å². The van der Waals surface area contributed by atoms with Crippen molar-refractivity contribution in [3.63, 3.8) is 0 Å². The summed E-state index contributed by atoms with van der Waals surface area (Å²) < 4.78 is 5.89. The van der Waals surface area contributed by atoms with E-state index in [2.05, 4.69) is 4.98 Å². The van der Waals surface area contributed by atoms with Crippen LogP contribution < -0.4 is 10.5 Å². The molecule has 5 heteroatoms. The standard InChI is InChI=1S/C14H14Cl2N2O/c1-9(17)14(10-3-2-4-18-8-10)19-13-6-11(15)5-12(16)7-13/h2-9,14H,17H2,1H3. The highest BCUT2D eigenvalue weighted by Crippen LogP contribution is 2.29. The fourth-order valence-electron chi connectivity index (χ4n) is 1.77. The minimum absolute atomic E-state index is 0.193. The Balaban J connectivity index is 2.27. The molecular formula is C14H14Cl2N2O. The largest absolute Gasteiger partial charge is 0.484 e. The third-order valence-electron chi connectivity index (χ3n) is 2.59. The molecule has 0 spiro atoms. The molecular weight excluding hydrogens is 283 g/mol. The lowest BCUT2D eigenvalue weighted by Gasteiger charge is -2.22. The summed E-state index contributed by atoms with van der Waals surface area (Å²) in [6.07, 6.45) is 3.14. The van der Waals surface area contributed by atoms with E-state index in [0.29, 0.717) is 15.8 Å². The van der Waals surface area contributed by atoms with E-state index in [4.69, 9.17) is 33.7 Å². The minimum Gasteiger partial charge on any atom is -0.484 e. The van der Waals surface area contributed by atoms with E-state index in [1.165, 1.54) is 0 Å². The fraction of sp³-hybridized carbons (Fsp3) is 0.214. The van der Waals surface area contributed by atoms with E-state index >= 15 is 0 Å². The summed E-state index contributed by atoms with van der Waals surface area (Å²) in [4.78, 5) is 4.08. The number of nitrogens with zero attached hydrogens (tertiary/aromatic N) is 1. The molecule has 0 fully saturated rings. The average molecular weight is 297 g/mol. The number of halogens is 2. The minimum atomic E-state index is -0.303. The van der Waals surface area contributed by atoms with Crippen molar-refractivity contribution in [3.8, 4) is 5.75 Å². The van der Waals surface area contributed by atoms with Crippen molar-refractivity contribution < 1.29 is 4.74 Å².